The molecule has 1 N–H and O–H groups in total. The number of methoxy groups -OCH3 is 1. The Morgan fingerprint density at radius 1 is 1.16 bits per heavy atom. The Morgan fingerprint density at radius 3 is 2.40 bits per heavy atom. The van der Waals surface area contributed by atoms with Crippen molar-refractivity contribution in [3.05, 3.63) is 58.1 Å². The van der Waals surface area contributed by atoms with Crippen molar-refractivity contribution >= 4 is 17.3 Å². The van der Waals surface area contributed by atoms with Crippen molar-refractivity contribution in [3.8, 4) is 11.5 Å². The number of hydrogen-bond donors (Lipinski definition) is 1. The minimum Gasteiger partial charge on any atom is -0.504 e. The summed E-state index contributed by atoms with van der Waals surface area (Å²) in [5, 5.41) is 10.4. The van der Waals surface area contributed by atoms with Gasteiger partial charge in [0.2, 0.25) is 0 Å². The zero-order valence-corrected chi connectivity index (χ0v) is 14.8. The number of aryl methyl sites for hydroxylation is 1. The fraction of sp³-hybridized carbons (Fsp3) is 0.250. The molecule has 1 aliphatic heterocycles. The number of aliphatic imine (C=N–C) groups is 2. The molecule has 5 nitrogen and oxygen atoms in total. The Bertz CT molecular complexity index is 910. The minimum atomic E-state index is -0.173. The largest absolute Gasteiger partial charge is 0.504 e. The van der Waals surface area contributed by atoms with E-state index in [4.69, 9.17) is 4.74 Å². The lowest BCUT2D eigenvalue weighted by atomic mass is 9.92. The summed E-state index contributed by atoms with van der Waals surface area (Å²) in [5.74, 6) is 0.582. The van der Waals surface area contributed by atoms with Crippen LogP contribution in [-0.2, 0) is 0 Å². The first-order valence-electron chi connectivity index (χ1n) is 8.03. The maximum absolute atomic E-state index is 13.1. The summed E-state index contributed by atoms with van der Waals surface area (Å²) in [6.07, 6.45) is 0. The van der Waals surface area contributed by atoms with E-state index in [1.54, 1.807) is 25.1 Å². The van der Waals surface area contributed by atoms with Crippen LogP contribution >= 0.6 is 0 Å². The molecule has 2 aromatic rings. The smallest absolute Gasteiger partial charge is 0.194 e. The Labute approximate surface area is 146 Å². The van der Waals surface area contributed by atoms with Crippen LogP contribution in [0.4, 0.5) is 0 Å². The fourth-order valence-electron chi connectivity index (χ4n) is 2.84. The number of nitrogens with zero attached hydrogens (tertiary/aromatic N) is 2. The van der Waals surface area contributed by atoms with Crippen LogP contribution in [0.3, 0.4) is 0 Å². The highest BCUT2D eigenvalue weighted by Gasteiger charge is 2.25. The lowest BCUT2D eigenvalue weighted by Crippen LogP contribution is -2.12. The zero-order chi connectivity index (χ0) is 18.1. The maximum atomic E-state index is 13.1. The highest BCUT2D eigenvalue weighted by atomic mass is 16.5. The van der Waals surface area contributed by atoms with E-state index in [1.165, 1.54) is 7.11 Å². The van der Waals surface area contributed by atoms with Crippen LogP contribution in [-0.4, -0.2) is 36.1 Å². The molecule has 1 aliphatic rings. The van der Waals surface area contributed by atoms with E-state index in [0.29, 0.717) is 40.4 Å². The second kappa shape index (κ2) is 6.51. The van der Waals surface area contributed by atoms with Crippen molar-refractivity contribution in [1.82, 2.24) is 0 Å². The van der Waals surface area contributed by atoms with Gasteiger partial charge in [-0.05, 0) is 26.8 Å². The van der Waals surface area contributed by atoms with E-state index in [2.05, 4.69) is 9.98 Å². The molecule has 0 amide bonds. The van der Waals surface area contributed by atoms with Gasteiger partial charge in [-0.1, -0.05) is 29.8 Å². The molecule has 0 aliphatic carbocycles. The molecule has 5 heteroatoms. The summed E-state index contributed by atoms with van der Waals surface area (Å²) in [6.45, 7) is 6.07. The highest BCUT2D eigenvalue weighted by molar-refractivity contribution is 6.20. The maximum Gasteiger partial charge on any atom is 0.194 e. The number of carbonyl (C=O) groups excluding carboxylic acids is 1. The van der Waals surface area contributed by atoms with Crippen LogP contribution in [0.1, 0.15) is 39.5 Å². The normalized spacial score (nSPS) is 13.4. The van der Waals surface area contributed by atoms with Gasteiger partial charge in [-0.25, -0.2) is 4.99 Å². The van der Waals surface area contributed by atoms with E-state index in [1.807, 2.05) is 26.0 Å². The Morgan fingerprint density at radius 2 is 1.84 bits per heavy atom. The number of hydrogen-bond acceptors (Lipinski definition) is 5. The van der Waals surface area contributed by atoms with Crippen molar-refractivity contribution in [2.45, 2.75) is 20.8 Å². The van der Waals surface area contributed by atoms with Gasteiger partial charge in [0.25, 0.3) is 0 Å². The first kappa shape index (κ1) is 16.9. The summed E-state index contributed by atoms with van der Waals surface area (Å²) in [5.41, 5.74) is 3.95. The van der Waals surface area contributed by atoms with Crippen molar-refractivity contribution in [2.24, 2.45) is 9.98 Å². The SMILES string of the molecule is COc1cc(C2=NCC(C)=N2)c(C(=O)c2ccc(C)cc2)c(C)c1O. The number of phenolic OH excluding ortho intramolecular Hbond substituents is 1. The van der Waals surface area contributed by atoms with Gasteiger partial charge < -0.3 is 9.84 Å². The molecule has 0 saturated heterocycles. The van der Waals surface area contributed by atoms with Crippen LogP contribution in [0.25, 0.3) is 0 Å². The third-order valence-electron chi connectivity index (χ3n) is 4.26. The number of ketones is 1. The molecule has 25 heavy (non-hydrogen) atoms. The van der Waals surface area contributed by atoms with E-state index < -0.39 is 0 Å². The molecule has 0 bridgehead atoms. The topological polar surface area (TPSA) is 71.2 Å². The van der Waals surface area contributed by atoms with Crippen molar-refractivity contribution < 1.29 is 14.6 Å². The molecule has 128 valence electrons. The summed E-state index contributed by atoms with van der Waals surface area (Å²) in [6, 6.07) is 8.98. The van der Waals surface area contributed by atoms with Crippen molar-refractivity contribution in [2.75, 3.05) is 13.7 Å². The molecule has 0 radical (unpaired) electrons. The number of ether oxygens (including phenoxy) is 1. The summed E-state index contributed by atoms with van der Waals surface area (Å²) >= 11 is 0. The van der Waals surface area contributed by atoms with Gasteiger partial charge in [0.1, 0.15) is 0 Å². The molecular formula is C20H20N2O3. The summed E-state index contributed by atoms with van der Waals surface area (Å²) < 4.78 is 5.24. The Kier molecular flexibility index (Phi) is 4.40. The Hall–Kier alpha value is -2.95. The summed E-state index contributed by atoms with van der Waals surface area (Å²) in [4.78, 5) is 22.0. The molecule has 0 spiro atoms. The van der Waals surface area contributed by atoms with Crippen LogP contribution in [0.15, 0.2) is 40.3 Å². The van der Waals surface area contributed by atoms with Crippen LogP contribution in [0.5, 0.6) is 11.5 Å². The first-order valence-corrected chi connectivity index (χ1v) is 8.03. The molecule has 2 aromatic carbocycles. The molecule has 1 heterocycles. The van der Waals surface area contributed by atoms with Gasteiger partial charge >= 0.3 is 0 Å². The second-order valence-electron chi connectivity index (χ2n) is 6.16. The number of carbonyl (C=O) groups is 1. The van der Waals surface area contributed by atoms with Gasteiger partial charge in [0.05, 0.1) is 13.7 Å². The molecule has 0 unspecified atom stereocenters. The minimum absolute atomic E-state index is 0.0407. The average molecular weight is 336 g/mol. The molecule has 3 rings (SSSR count). The number of phenols is 1. The van der Waals surface area contributed by atoms with Crippen LogP contribution in [0.2, 0.25) is 0 Å². The third kappa shape index (κ3) is 3.05. The first-order chi connectivity index (χ1) is 11.9. The second-order valence-corrected chi connectivity index (χ2v) is 6.16. The lowest BCUT2D eigenvalue weighted by Gasteiger charge is -2.15. The van der Waals surface area contributed by atoms with Gasteiger partial charge in [-0.15, -0.1) is 0 Å². The Balaban J connectivity index is 2.22. The van der Waals surface area contributed by atoms with Crippen molar-refractivity contribution in [1.29, 1.82) is 0 Å². The quantitative estimate of drug-likeness (QED) is 0.869. The van der Waals surface area contributed by atoms with E-state index in [0.717, 1.165) is 11.3 Å². The highest BCUT2D eigenvalue weighted by Crippen LogP contribution is 2.36. The van der Waals surface area contributed by atoms with Crippen LogP contribution in [0, 0.1) is 13.8 Å². The number of benzene rings is 2. The number of amidine groups is 1. The van der Waals surface area contributed by atoms with E-state index in [-0.39, 0.29) is 11.5 Å². The zero-order valence-electron chi connectivity index (χ0n) is 14.8. The predicted molar refractivity (Wildman–Crippen MR) is 98.5 cm³/mol. The lowest BCUT2D eigenvalue weighted by molar-refractivity contribution is 0.103. The fourth-order valence-corrected chi connectivity index (χ4v) is 2.84. The van der Waals surface area contributed by atoms with Crippen LogP contribution < -0.4 is 4.74 Å². The number of aromatic hydroxyl groups is 1. The molecule has 0 fully saturated rings. The summed E-state index contributed by atoms with van der Waals surface area (Å²) in [7, 11) is 1.48. The molecule has 0 saturated carbocycles. The number of rotatable bonds is 4. The van der Waals surface area contributed by atoms with Gasteiger partial charge in [-0.2, -0.15) is 0 Å². The van der Waals surface area contributed by atoms with E-state index >= 15 is 0 Å². The standard InChI is InChI=1S/C20H20N2O3/c1-11-5-7-14(8-6-11)19(24)17-13(3)18(23)16(25-4)9-15(17)20-21-10-12(2)22-20/h5-9,23H,10H2,1-4H3. The predicted octanol–water partition coefficient (Wildman–Crippen LogP) is 3.47. The third-order valence-corrected chi connectivity index (χ3v) is 4.26. The van der Waals surface area contributed by atoms with Crippen molar-refractivity contribution in [3.63, 3.8) is 0 Å². The van der Waals surface area contributed by atoms with Gasteiger partial charge in [0.15, 0.2) is 23.1 Å². The van der Waals surface area contributed by atoms with E-state index in [9.17, 15) is 9.90 Å². The average Bonchev–Trinajstić information content (AvgIpc) is 3.03. The monoisotopic (exact) mass is 336 g/mol. The van der Waals surface area contributed by atoms with Gasteiger partial charge in [0, 0.05) is 28.0 Å². The van der Waals surface area contributed by atoms with Gasteiger partial charge in [-0.3, -0.25) is 9.79 Å². The molecular weight excluding hydrogens is 316 g/mol. The molecule has 0 atom stereocenters. The molecule has 0 aromatic heterocycles.